The van der Waals surface area contributed by atoms with Crippen LogP contribution < -0.4 is 5.32 Å². The molecule has 0 saturated carbocycles. The van der Waals surface area contributed by atoms with Gasteiger partial charge < -0.3 is 0 Å². The summed E-state index contributed by atoms with van der Waals surface area (Å²) < 4.78 is 0. The van der Waals surface area contributed by atoms with Crippen LogP contribution in [0.2, 0.25) is 10.0 Å². The zero-order chi connectivity index (χ0) is 12.4. The number of rotatable bonds is 2. The number of carbonyl (C=O) groups is 1. The highest BCUT2D eigenvalue weighted by Crippen LogP contribution is 2.26. The summed E-state index contributed by atoms with van der Waals surface area (Å²) in [6, 6.07) is 4.93. The molecule has 2 rings (SSSR count). The highest BCUT2D eigenvalue weighted by Gasteiger charge is 2.15. The van der Waals surface area contributed by atoms with Crippen LogP contribution >= 0.6 is 34.5 Å². The summed E-state index contributed by atoms with van der Waals surface area (Å²) in [5.74, 6) is -0.352. The van der Waals surface area contributed by atoms with Crippen molar-refractivity contribution >= 4 is 45.6 Å². The van der Waals surface area contributed by atoms with E-state index in [1.807, 2.05) is 6.92 Å². The van der Waals surface area contributed by atoms with E-state index < -0.39 is 0 Å². The molecule has 0 unspecified atom stereocenters. The van der Waals surface area contributed by atoms with Gasteiger partial charge in [0.1, 0.15) is 0 Å². The first kappa shape index (κ1) is 12.4. The summed E-state index contributed by atoms with van der Waals surface area (Å²) in [6.07, 6.45) is 1.69. The molecule has 0 aliphatic carbocycles. The van der Waals surface area contributed by atoms with Gasteiger partial charge >= 0.3 is 0 Å². The van der Waals surface area contributed by atoms with Gasteiger partial charge in [0.05, 0.1) is 15.6 Å². The largest absolute Gasteiger partial charge is 0.298 e. The lowest BCUT2D eigenvalue weighted by Crippen LogP contribution is -2.12. The first-order valence-electron chi connectivity index (χ1n) is 4.75. The van der Waals surface area contributed by atoms with Gasteiger partial charge in [-0.15, -0.1) is 11.3 Å². The fraction of sp³-hybridized carbons (Fsp3) is 0.0909. The van der Waals surface area contributed by atoms with Crippen LogP contribution in [0.3, 0.4) is 0 Å². The Morgan fingerprint density at radius 2 is 2.00 bits per heavy atom. The van der Waals surface area contributed by atoms with Crippen LogP contribution in [0.5, 0.6) is 0 Å². The summed E-state index contributed by atoms with van der Waals surface area (Å²) in [5, 5.41) is 3.84. The number of thiazole rings is 1. The second-order valence-electron chi connectivity index (χ2n) is 3.33. The number of carbonyl (C=O) groups excluding carboxylic acids is 1. The normalized spacial score (nSPS) is 10.3. The third-order valence-corrected chi connectivity index (χ3v) is 3.49. The first-order valence-corrected chi connectivity index (χ1v) is 6.33. The van der Waals surface area contributed by atoms with E-state index in [9.17, 15) is 4.79 Å². The van der Waals surface area contributed by atoms with Gasteiger partial charge in [-0.25, -0.2) is 4.98 Å². The fourth-order valence-electron chi connectivity index (χ4n) is 1.29. The third kappa shape index (κ3) is 2.77. The van der Waals surface area contributed by atoms with Gasteiger partial charge in [0, 0.05) is 11.1 Å². The van der Waals surface area contributed by atoms with Crippen molar-refractivity contribution in [3.8, 4) is 0 Å². The van der Waals surface area contributed by atoms with E-state index >= 15 is 0 Å². The molecule has 1 aromatic heterocycles. The third-order valence-electron chi connectivity index (χ3n) is 2.03. The Labute approximate surface area is 112 Å². The molecule has 0 saturated heterocycles. The molecule has 88 valence electrons. The lowest BCUT2D eigenvalue weighted by molar-refractivity contribution is 0.102. The molecule has 0 aliphatic rings. The predicted molar refractivity (Wildman–Crippen MR) is 71.3 cm³/mol. The lowest BCUT2D eigenvalue weighted by atomic mass is 10.2. The van der Waals surface area contributed by atoms with E-state index in [2.05, 4.69) is 10.3 Å². The average molecular weight is 287 g/mol. The number of nitrogens with one attached hydrogen (secondary N) is 1. The molecule has 1 amide bonds. The Morgan fingerprint density at radius 3 is 2.53 bits per heavy atom. The number of benzene rings is 1. The molecule has 1 heterocycles. The van der Waals surface area contributed by atoms with Crippen molar-refractivity contribution in [3.05, 3.63) is 44.9 Å². The molecule has 3 nitrogen and oxygen atoms in total. The second kappa shape index (κ2) is 5.04. The number of anilines is 1. The van der Waals surface area contributed by atoms with Crippen molar-refractivity contribution in [3.63, 3.8) is 0 Å². The molecule has 6 heteroatoms. The van der Waals surface area contributed by atoms with Gasteiger partial charge in [-0.05, 0) is 19.1 Å². The summed E-state index contributed by atoms with van der Waals surface area (Å²) in [7, 11) is 0. The minimum Gasteiger partial charge on any atom is -0.298 e. The Balaban J connectivity index is 2.26. The predicted octanol–water partition coefficient (Wildman–Crippen LogP) is 4.01. The number of aryl methyl sites for hydroxylation is 1. The zero-order valence-electron chi connectivity index (χ0n) is 8.83. The zero-order valence-corrected chi connectivity index (χ0v) is 11.2. The van der Waals surface area contributed by atoms with Crippen LogP contribution in [0, 0.1) is 6.92 Å². The lowest BCUT2D eigenvalue weighted by Gasteiger charge is -2.05. The topological polar surface area (TPSA) is 42.0 Å². The van der Waals surface area contributed by atoms with Crippen molar-refractivity contribution in [2.75, 3.05) is 5.32 Å². The quantitative estimate of drug-likeness (QED) is 0.906. The SMILES string of the molecule is Cc1cnc(NC(=O)c2c(Cl)cccc2Cl)s1. The molecule has 17 heavy (non-hydrogen) atoms. The average Bonchev–Trinajstić information content (AvgIpc) is 2.63. The van der Waals surface area contributed by atoms with Gasteiger partial charge in [0.25, 0.3) is 5.91 Å². The Morgan fingerprint density at radius 1 is 1.35 bits per heavy atom. The Hall–Kier alpha value is -1.10. The maximum atomic E-state index is 12.0. The Bertz CT molecular complexity index is 548. The van der Waals surface area contributed by atoms with E-state index in [1.54, 1.807) is 24.4 Å². The molecule has 0 radical (unpaired) electrons. The molecular formula is C11H8Cl2N2OS. The molecular weight excluding hydrogens is 279 g/mol. The molecule has 0 fully saturated rings. The van der Waals surface area contributed by atoms with Gasteiger partial charge in [-0.2, -0.15) is 0 Å². The Kier molecular flexibility index (Phi) is 3.66. The van der Waals surface area contributed by atoms with Crippen LogP contribution in [-0.2, 0) is 0 Å². The van der Waals surface area contributed by atoms with Gasteiger partial charge in [0.2, 0.25) is 0 Å². The van der Waals surface area contributed by atoms with Gasteiger partial charge in [-0.1, -0.05) is 29.3 Å². The number of aromatic nitrogens is 1. The van der Waals surface area contributed by atoms with Crippen molar-refractivity contribution in [1.29, 1.82) is 0 Å². The summed E-state index contributed by atoms with van der Waals surface area (Å²) in [4.78, 5) is 17.0. The summed E-state index contributed by atoms with van der Waals surface area (Å²) >= 11 is 13.3. The molecule has 0 aliphatic heterocycles. The maximum absolute atomic E-state index is 12.0. The number of hydrogen-bond acceptors (Lipinski definition) is 3. The van der Waals surface area contributed by atoms with E-state index in [-0.39, 0.29) is 11.5 Å². The number of hydrogen-bond donors (Lipinski definition) is 1. The first-order chi connectivity index (χ1) is 8.08. The monoisotopic (exact) mass is 286 g/mol. The van der Waals surface area contributed by atoms with Crippen molar-refractivity contribution < 1.29 is 4.79 Å². The second-order valence-corrected chi connectivity index (χ2v) is 5.38. The van der Waals surface area contributed by atoms with E-state index in [0.29, 0.717) is 15.2 Å². The number of halogens is 2. The standard InChI is InChI=1S/C11H8Cl2N2OS/c1-6-5-14-11(17-6)15-10(16)9-7(12)3-2-4-8(9)13/h2-5H,1H3,(H,14,15,16). The van der Waals surface area contributed by atoms with Crippen LogP contribution in [0.25, 0.3) is 0 Å². The molecule has 0 spiro atoms. The van der Waals surface area contributed by atoms with Crippen LogP contribution in [0.1, 0.15) is 15.2 Å². The number of nitrogens with zero attached hydrogens (tertiary/aromatic N) is 1. The molecule has 0 bridgehead atoms. The van der Waals surface area contributed by atoms with Crippen molar-refractivity contribution in [1.82, 2.24) is 4.98 Å². The van der Waals surface area contributed by atoms with E-state index in [4.69, 9.17) is 23.2 Å². The minimum atomic E-state index is -0.352. The van der Waals surface area contributed by atoms with Crippen LogP contribution in [0.4, 0.5) is 5.13 Å². The minimum absolute atomic E-state index is 0.267. The summed E-state index contributed by atoms with van der Waals surface area (Å²) in [5.41, 5.74) is 0.267. The molecule has 1 aromatic carbocycles. The van der Waals surface area contributed by atoms with E-state index in [1.165, 1.54) is 11.3 Å². The van der Waals surface area contributed by atoms with Crippen LogP contribution in [0.15, 0.2) is 24.4 Å². The molecule has 0 atom stereocenters. The van der Waals surface area contributed by atoms with E-state index in [0.717, 1.165) is 4.88 Å². The van der Waals surface area contributed by atoms with Gasteiger partial charge in [-0.3, -0.25) is 10.1 Å². The number of amides is 1. The van der Waals surface area contributed by atoms with Crippen LogP contribution in [-0.4, -0.2) is 10.9 Å². The van der Waals surface area contributed by atoms with Crippen molar-refractivity contribution in [2.24, 2.45) is 0 Å². The fourth-order valence-corrected chi connectivity index (χ4v) is 2.52. The van der Waals surface area contributed by atoms with Crippen molar-refractivity contribution in [2.45, 2.75) is 6.92 Å². The van der Waals surface area contributed by atoms with Gasteiger partial charge in [0.15, 0.2) is 5.13 Å². The maximum Gasteiger partial charge on any atom is 0.260 e. The molecule has 2 aromatic rings. The highest BCUT2D eigenvalue weighted by atomic mass is 35.5. The highest BCUT2D eigenvalue weighted by molar-refractivity contribution is 7.15. The molecule has 1 N–H and O–H groups in total. The summed E-state index contributed by atoms with van der Waals surface area (Å²) in [6.45, 7) is 1.91. The smallest absolute Gasteiger partial charge is 0.260 e.